The van der Waals surface area contributed by atoms with E-state index in [9.17, 15) is 9.00 Å². The Morgan fingerprint density at radius 1 is 1.42 bits per heavy atom. The summed E-state index contributed by atoms with van der Waals surface area (Å²) in [6.45, 7) is -0.119. The van der Waals surface area contributed by atoms with Crippen molar-refractivity contribution in [2.24, 2.45) is 5.73 Å². The SMILES string of the molecule is NC(=O)COc1cccc(NC2CCS(=O)CC2)c1. The molecule has 0 bridgehead atoms. The van der Waals surface area contributed by atoms with Crippen LogP contribution in [0.2, 0.25) is 0 Å². The Labute approximate surface area is 115 Å². The highest BCUT2D eigenvalue weighted by molar-refractivity contribution is 7.85. The fraction of sp³-hybridized carbons (Fsp3) is 0.462. The summed E-state index contributed by atoms with van der Waals surface area (Å²) >= 11 is 0. The molecule has 1 amide bonds. The van der Waals surface area contributed by atoms with Crippen molar-refractivity contribution in [1.29, 1.82) is 0 Å². The van der Waals surface area contributed by atoms with Crippen molar-refractivity contribution in [3.8, 4) is 5.75 Å². The van der Waals surface area contributed by atoms with E-state index in [1.54, 1.807) is 6.07 Å². The number of carbonyl (C=O) groups is 1. The van der Waals surface area contributed by atoms with E-state index in [0.29, 0.717) is 11.8 Å². The molecule has 3 N–H and O–H groups in total. The van der Waals surface area contributed by atoms with Crippen LogP contribution in [0, 0.1) is 0 Å². The van der Waals surface area contributed by atoms with Gasteiger partial charge in [-0.1, -0.05) is 6.07 Å². The number of rotatable bonds is 5. The third-order valence-corrected chi connectivity index (χ3v) is 4.36. The molecule has 2 rings (SSSR count). The third-order valence-electron chi connectivity index (χ3n) is 2.97. The molecule has 1 aromatic carbocycles. The number of nitrogens with two attached hydrogens (primary N) is 1. The number of carbonyl (C=O) groups excluding carboxylic acids is 1. The van der Waals surface area contributed by atoms with Crippen LogP contribution in [-0.4, -0.2) is 34.3 Å². The van der Waals surface area contributed by atoms with E-state index in [0.717, 1.165) is 30.0 Å². The molecule has 1 saturated heterocycles. The standard InChI is InChI=1S/C13H18N2O3S/c14-13(16)9-18-12-3-1-2-11(8-12)15-10-4-6-19(17)7-5-10/h1-3,8,10,15H,4-7,9H2,(H2,14,16). The van der Waals surface area contributed by atoms with Crippen molar-refractivity contribution in [2.75, 3.05) is 23.4 Å². The summed E-state index contributed by atoms with van der Waals surface area (Å²) in [6, 6.07) is 7.78. The summed E-state index contributed by atoms with van der Waals surface area (Å²) in [4.78, 5) is 10.7. The minimum atomic E-state index is -0.648. The molecule has 0 atom stereocenters. The third kappa shape index (κ3) is 4.55. The first-order valence-corrected chi connectivity index (χ1v) is 7.75. The van der Waals surface area contributed by atoms with E-state index in [-0.39, 0.29) is 6.61 Å². The molecule has 0 spiro atoms. The average Bonchev–Trinajstić information content (AvgIpc) is 2.40. The zero-order valence-corrected chi connectivity index (χ0v) is 11.4. The smallest absolute Gasteiger partial charge is 0.255 e. The van der Waals surface area contributed by atoms with Crippen LogP contribution < -0.4 is 15.8 Å². The first-order chi connectivity index (χ1) is 9.13. The lowest BCUT2D eigenvalue weighted by Crippen LogP contribution is -2.29. The molecule has 19 heavy (non-hydrogen) atoms. The van der Waals surface area contributed by atoms with Crippen molar-refractivity contribution in [2.45, 2.75) is 18.9 Å². The van der Waals surface area contributed by atoms with Crippen molar-refractivity contribution in [1.82, 2.24) is 0 Å². The minimum absolute atomic E-state index is 0.119. The van der Waals surface area contributed by atoms with Crippen LogP contribution in [-0.2, 0) is 15.6 Å². The van der Waals surface area contributed by atoms with Gasteiger partial charge in [-0.05, 0) is 25.0 Å². The number of amides is 1. The molecular weight excluding hydrogens is 264 g/mol. The van der Waals surface area contributed by atoms with E-state index >= 15 is 0 Å². The highest BCUT2D eigenvalue weighted by Gasteiger charge is 2.17. The van der Waals surface area contributed by atoms with Gasteiger partial charge in [-0.2, -0.15) is 0 Å². The number of anilines is 1. The van der Waals surface area contributed by atoms with Gasteiger partial charge in [-0.15, -0.1) is 0 Å². The van der Waals surface area contributed by atoms with Crippen molar-refractivity contribution in [3.63, 3.8) is 0 Å². The maximum Gasteiger partial charge on any atom is 0.255 e. The monoisotopic (exact) mass is 282 g/mol. The van der Waals surface area contributed by atoms with E-state index in [2.05, 4.69) is 5.32 Å². The van der Waals surface area contributed by atoms with Crippen LogP contribution in [0.4, 0.5) is 5.69 Å². The molecular formula is C13H18N2O3S. The number of nitrogens with one attached hydrogen (secondary N) is 1. The lowest BCUT2D eigenvalue weighted by molar-refractivity contribution is -0.119. The topological polar surface area (TPSA) is 81.4 Å². The Morgan fingerprint density at radius 2 is 2.16 bits per heavy atom. The van der Waals surface area contributed by atoms with Gasteiger partial charge in [0.15, 0.2) is 6.61 Å². The summed E-state index contributed by atoms with van der Waals surface area (Å²) in [5.74, 6) is 1.64. The molecule has 0 saturated carbocycles. The molecule has 0 radical (unpaired) electrons. The molecule has 5 nitrogen and oxygen atoms in total. The molecule has 0 aliphatic carbocycles. The van der Waals surface area contributed by atoms with Gasteiger partial charge >= 0.3 is 0 Å². The molecule has 1 fully saturated rings. The predicted octanol–water partition coefficient (Wildman–Crippen LogP) is 0.874. The Kier molecular flexibility index (Phi) is 4.79. The van der Waals surface area contributed by atoms with E-state index in [4.69, 9.17) is 10.5 Å². The van der Waals surface area contributed by atoms with Gasteiger partial charge in [-0.3, -0.25) is 9.00 Å². The van der Waals surface area contributed by atoms with E-state index < -0.39 is 16.7 Å². The Hall–Kier alpha value is -1.56. The zero-order valence-electron chi connectivity index (χ0n) is 10.6. The molecule has 6 heteroatoms. The van der Waals surface area contributed by atoms with Gasteiger partial charge in [0.2, 0.25) is 0 Å². The van der Waals surface area contributed by atoms with Gasteiger partial charge in [0.25, 0.3) is 5.91 Å². The number of hydrogen-bond donors (Lipinski definition) is 2. The Morgan fingerprint density at radius 3 is 2.84 bits per heavy atom. The minimum Gasteiger partial charge on any atom is -0.484 e. The summed E-state index contributed by atoms with van der Waals surface area (Å²) in [5.41, 5.74) is 5.98. The van der Waals surface area contributed by atoms with Crippen LogP contribution in [0.3, 0.4) is 0 Å². The van der Waals surface area contributed by atoms with Crippen LogP contribution in [0.5, 0.6) is 5.75 Å². The lowest BCUT2D eigenvalue weighted by Gasteiger charge is -2.23. The summed E-state index contributed by atoms with van der Waals surface area (Å²) in [5, 5.41) is 3.40. The van der Waals surface area contributed by atoms with Gasteiger partial charge < -0.3 is 15.8 Å². The quantitative estimate of drug-likeness (QED) is 0.840. The van der Waals surface area contributed by atoms with Gasteiger partial charge in [0.1, 0.15) is 5.75 Å². The summed E-state index contributed by atoms with van der Waals surface area (Å²) in [6.07, 6.45) is 1.83. The molecule has 0 unspecified atom stereocenters. The van der Waals surface area contributed by atoms with Crippen LogP contribution in [0.25, 0.3) is 0 Å². The highest BCUT2D eigenvalue weighted by atomic mass is 32.2. The fourth-order valence-electron chi connectivity index (χ4n) is 2.00. The van der Waals surface area contributed by atoms with Gasteiger partial charge in [0, 0.05) is 40.1 Å². The first kappa shape index (κ1) is 13.9. The van der Waals surface area contributed by atoms with Crippen LogP contribution in [0.15, 0.2) is 24.3 Å². The molecule has 104 valence electrons. The second kappa shape index (κ2) is 6.56. The van der Waals surface area contributed by atoms with Crippen LogP contribution in [0.1, 0.15) is 12.8 Å². The van der Waals surface area contributed by atoms with Gasteiger partial charge in [0.05, 0.1) is 0 Å². The number of primary amides is 1. The van der Waals surface area contributed by atoms with Gasteiger partial charge in [-0.25, -0.2) is 0 Å². The van der Waals surface area contributed by atoms with Crippen molar-refractivity contribution in [3.05, 3.63) is 24.3 Å². The zero-order chi connectivity index (χ0) is 13.7. The van der Waals surface area contributed by atoms with E-state index in [1.165, 1.54) is 0 Å². The van der Waals surface area contributed by atoms with Crippen LogP contribution >= 0.6 is 0 Å². The first-order valence-electron chi connectivity index (χ1n) is 6.26. The van der Waals surface area contributed by atoms with E-state index in [1.807, 2.05) is 18.2 Å². The lowest BCUT2D eigenvalue weighted by atomic mass is 10.1. The summed E-state index contributed by atoms with van der Waals surface area (Å²) in [7, 11) is -0.648. The second-order valence-electron chi connectivity index (χ2n) is 4.55. The maximum absolute atomic E-state index is 11.3. The second-order valence-corrected chi connectivity index (χ2v) is 6.25. The normalized spacial score (nSPS) is 22.7. The Balaban J connectivity index is 1.91. The molecule has 1 aromatic rings. The fourth-order valence-corrected chi connectivity index (χ4v) is 3.30. The average molecular weight is 282 g/mol. The summed E-state index contributed by atoms with van der Waals surface area (Å²) < 4.78 is 16.5. The molecule has 0 aromatic heterocycles. The molecule has 1 heterocycles. The largest absolute Gasteiger partial charge is 0.484 e. The molecule has 1 aliphatic rings. The number of hydrogen-bond acceptors (Lipinski definition) is 4. The number of benzene rings is 1. The number of ether oxygens (including phenoxy) is 1. The van der Waals surface area contributed by atoms with Crippen molar-refractivity contribution >= 4 is 22.4 Å². The molecule has 1 aliphatic heterocycles. The maximum atomic E-state index is 11.3. The highest BCUT2D eigenvalue weighted by Crippen LogP contribution is 2.20. The predicted molar refractivity (Wildman–Crippen MR) is 75.7 cm³/mol. The van der Waals surface area contributed by atoms with Crippen molar-refractivity contribution < 1.29 is 13.7 Å². The Bertz CT molecular complexity index is 469.